The molecular weight excluding hydrogens is 164 g/mol. The summed E-state index contributed by atoms with van der Waals surface area (Å²) in [5.74, 6) is -0.205. The molecule has 2 nitrogen and oxygen atoms in total. The van der Waals surface area contributed by atoms with Crippen LogP contribution in [0.3, 0.4) is 0 Å². The van der Waals surface area contributed by atoms with Crippen molar-refractivity contribution in [2.45, 2.75) is 6.92 Å². The van der Waals surface area contributed by atoms with Crippen molar-refractivity contribution in [1.29, 1.82) is 0 Å². The van der Waals surface area contributed by atoms with Gasteiger partial charge in [0.1, 0.15) is 6.61 Å². The number of benzene rings is 1. The molecule has 0 N–H and O–H groups in total. The van der Waals surface area contributed by atoms with Crippen molar-refractivity contribution in [2.75, 3.05) is 6.61 Å². The van der Waals surface area contributed by atoms with Crippen LogP contribution >= 0.6 is 0 Å². The van der Waals surface area contributed by atoms with E-state index in [0.717, 1.165) is 16.7 Å². The van der Waals surface area contributed by atoms with Gasteiger partial charge in [0.05, 0.1) is 5.57 Å². The van der Waals surface area contributed by atoms with E-state index in [1.807, 2.05) is 37.3 Å². The monoisotopic (exact) mass is 174 g/mol. The largest absolute Gasteiger partial charge is 0.458 e. The van der Waals surface area contributed by atoms with E-state index in [1.165, 1.54) is 0 Å². The van der Waals surface area contributed by atoms with Crippen LogP contribution in [0.4, 0.5) is 0 Å². The Morgan fingerprint density at radius 3 is 2.46 bits per heavy atom. The molecule has 1 aliphatic heterocycles. The molecule has 0 unspecified atom stereocenters. The molecule has 0 saturated carbocycles. The zero-order chi connectivity index (χ0) is 9.26. The van der Waals surface area contributed by atoms with E-state index < -0.39 is 0 Å². The van der Waals surface area contributed by atoms with Crippen molar-refractivity contribution >= 4 is 11.5 Å². The molecule has 0 atom stereocenters. The van der Waals surface area contributed by atoms with Crippen molar-refractivity contribution in [3.8, 4) is 0 Å². The maximum absolute atomic E-state index is 11.3. The zero-order valence-electron chi connectivity index (χ0n) is 7.41. The van der Waals surface area contributed by atoms with Gasteiger partial charge >= 0.3 is 5.97 Å². The lowest BCUT2D eigenvalue weighted by Gasteiger charge is -1.98. The zero-order valence-corrected chi connectivity index (χ0v) is 7.41. The summed E-state index contributed by atoms with van der Waals surface area (Å²) in [4.78, 5) is 11.3. The van der Waals surface area contributed by atoms with Gasteiger partial charge in [-0.1, -0.05) is 30.3 Å². The van der Waals surface area contributed by atoms with Gasteiger partial charge in [0.25, 0.3) is 0 Å². The highest BCUT2D eigenvalue weighted by atomic mass is 16.5. The van der Waals surface area contributed by atoms with Crippen LogP contribution in [0.15, 0.2) is 35.9 Å². The van der Waals surface area contributed by atoms with E-state index in [-0.39, 0.29) is 5.97 Å². The molecule has 0 radical (unpaired) electrons. The molecule has 0 aliphatic carbocycles. The minimum Gasteiger partial charge on any atom is -0.458 e. The van der Waals surface area contributed by atoms with E-state index >= 15 is 0 Å². The molecule has 0 saturated heterocycles. The van der Waals surface area contributed by atoms with Crippen LogP contribution in [0.5, 0.6) is 0 Å². The van der Waals surface area contributed by atoms with E-state index in [9.17, 15) is 4.79 Å². The maximum atomic E-state index is 11.3. The molecule has 13 heavy (non-hydrogen) atoms. The third kappa shape index (κ3) is 1.35. The van der Waals surface area contributed by atoms with Gasteiger partial charge in [-0.2, -0.15) is 0 Å². The first-order chi connectivity index (χ1) is 6.29. The first-order valence-corrected chi connectivity index (χ1v) is 4.21. The summed E-state index contributed by atoms with van der Waals surface area (Å²) in [6, 6.07) is 9.61. The lowest BCUT2D eigenvalue weighted by molar-refractivity contribution is -0.134. The Hall–Kier alpha value is -1.57. The first kappa shape index (κ1) is 8.05. The minimum atomic E-state index is -0.205. The molecule has 0 bridgehead atoms. The highest BCUT2D eigenvalue weighted by Crippen LogP contribution is 2.25. The number of cyclic esters (lactones) is 1. The van der Waals surface area contributed by atoms with Crippen molar-refractivity contribution in [2.24, 2.45) is 0 Å². The van der Waals surface area contributed by atoms with Crippen LogP contribution in [0, 0.1) is 0 Å². The topological polar surface area (TPSA) is 26.3 Å². The lowest BCUT2D eigenvalue weighted by Crippen LogP contribution is -1.98. The quantitative estimate of drug-likeness (QED) is 0.609. The fourth-order valence-electron chi connectivity index (χ4n) is 1.46. The molecule has 1 aliphatic rings. The molecule has 2 heteroatoms. The SMILES string of the molecule is CC1=C(c2ccccc2)C(=O)OC1. The summed E-state index contributed by atoms with van der Waals surface area (Å²) in [6.45, 7) is 2.36. The van der Waals surface area contributed by atoms with Gasteiger partial charge in [-0.15, -0.1) is 0 Å². The molecule has 0 aromatic heterocycles. The van der Waals surface area contributed by atoms with Gasteiger partial charge in [0, 0.05) is 0 Å². The second-order valence-corrected chi connectivity index (χ2v) is 3.10. The number of hydrogen-bond donors (Lipinski definition) is 0. The number of esters is 1. The Labute approximate surface area is 76.8 Å². The van der Waals surface area contributed by atoms with E-state index in [4.69, 9.17) is 4.74 Å². The number of ether oxygens (including phenoxy) is 1. The standard InChI is InChI=1S/C11H10O2/c1-8-7-13-11(12)10(8)9-5-3-2-4-6-9/h2-6H,7H2,1H3. The third-order valence-corrected chi connectivity index (χ3v) is 2.11. The van der Waals surface area contributed by atoms with Gasteiger partial charge in [-0.05, 0) is 18.1 Å². The van der Waals surface area contributed by atoms with Crippen molar-refractivity contribution in [3.05, 3.63) is 41.5 Å². The Morgan fingerprint density at radius 1 is 1.23 bits per heavy atom. The summed E-state index contributed by atoms with van der Waals surface area (Å²) in [5, 5.41) is 0. The molecule has 0 spiro atoms. The van der Waals surface area contributed by atoms with E-state index in [0.29, 0.717) is 6.61 Å². The van der Waals surface area contributed by atoms with Gasteiger partial charge in [-0.25, -0.2) is 4.79 Å². The maximum Gasteiger partial charge on any atom is 0.339 e. The van der Waals surface area contributed by atoms with Gasteiger partial charge in [-0.3, -0.25) is 0 Å². The summed E-state index contributed by atoms with van der Waals surface area (Å²) in [7, 11) is 0. The molecule has 66 valence electrons. The van der Waals surface area contributed by atoms with Crippen LogP contribution in [-0.4, -0.2) is 12.6 Å². The van der Waals surface area contributed by atoms with Crippen LogP contribution in [0.2, 0.25) is 0 Å². The van der Waals surface area contributed by atoms with Crippen molar-refractivity contribution in [3.63, 3.8) is 0 Å². The molecule has 1 aromatic rings. The summed E-state index contributed by atoms with van der Waals surface area (Å²) in [5.41, 5.74) is 2.68. The highest BCUT2D eigenvalue weighted by molar-refractivity contribution is 6.19. The average Bonchev–Trinajstić information content (AvgIpc) is 2.48. The van der Waals surface area contributed by atoms with Crippen molar-refractivity contribution in [1.82, 2.24) is 0 Å². The fourth-order valence-corrected chi connectivity index (χ4v) is 1.46. The normalized spacial score (nSPS) is 16.2. The number of rotatable bonds is 1. The van der Waals surface area contributed by atoms with E-state index in [2.05, 4.69) is 0 Å². The van der Waals surface area contributed by atoms with Crippen molar-refractivity contribution < 1.29 is 9.53 Å². The Bertz CT molecular complexity index is 363. The number of hydrogen-bond acceptors (Lipinski definition) is 2. The minimum absolute atomic E-state index is 0.205. The molecule has 0 amide bonds. The number of carbonyl (C=O) groups excluding carboxylic acids is 1. The number of carbonyl (C=O) groups is 1. The average molecular weight is 174 g/mol. The molecule has 2 rings (SSSR count). The van der Waals surface area contributed by atoms with Crippen LogP contribution in [0.25, 0.3) is 5.57 Å². The summed E-state index contributed by atoms with van der Waals surface area (Å²) < 4.78 is 4.92. The summed E-state index contributed by atoms with van der Waals surface area (Å²) >= 11 is 0. The van der Waals surface area contributed by atoms with Crippen LogP contribution in [0.1, 0.15) is 12.5 Å². The Kier molecular flexibility index (Phi) is 1.89. The first-order valence-electron chi connectivity index (χ1n) is 4.21. The molecule has 0 fully saturated rings. The summed E-state index contributed by atoms with van der Waals surface area (Å²) in [6.07, 6.45) is 0. The Morgan fingerprint density at radius 2 is 1.92 bits per heavy atom. The highest BCUT2D eigenvalue weighted by Gasteiger charge is 2.22. The fraction of sp³-hybridized carbons (Fsp3) is 0.182. The van der Waals surface area contributed by atoms with Gasteiger partial charge in [0.15, 0.2) is 0 Å². The molecular formula is C11H10O2. The van der Waals surface area contributed by atoms with Crippen LogP contribution < -0.4 is 0 Å². The predicted octanol–water partition coefficient (Wildman–Crippen LogP) is 2.02. The lowest BCUT2D eigenvalue weighted by atomic mass is 10.0. The predicted molar refractivity (Wildman–Crippen MR) is 50.0 cm³/mol. The smallest absolute Gasteiger partial charge is 0.339 e. The Balaban J connectivity index is 2.47. The molecule has 1 aromatic carbocycles. The second-order valence-electron chi connectivity index (χ2n) is 3.10. The second kappa shape index (κ2) is 3.05. The van der Waals surface area contributed by atoms with Gasteiger partial charge < -0.3 is 4.74 Å². The van der Waals surface area contributed by atoms with E-state index in [1.54, 1.807) is 0 Å². The van der Waals surface area contributed by atoms with Crippen LogP contribution in [-0.2, 0) is 9.53 Å². The third-order valence-electron chi connectivity index (χ3n) is 2.11. The molecule has 1 heterocycles. The van der Waals surface area contributed by atoms with Gasteiger partial charge in [0.2, 0.25) is 0 Å².